The van der Waals surface area contributed by atoms with Crippen LogP contribution in [0.2, 0.25) is 0 Å². The zero-order chi connectivity index (χ0) is 28.8. The number of ketones is 1. The molecular weight excluding hydrogens is 493 g/mol. The minimum atomic E-state index is -1.11. The molecule has 1 saturated heterocycles. The second kappa shape index (κ2) is 10.4. The summed E-state index contributed by atoms with van der Waals surface area (Å²) in [5.74, 6) is -2.67. The lowest BCUT2D eigenvalue weighted by Crippen LogP contribution is -2.62. The van der Waals surface area contributed by atoms with Crippen LogP contribution in [0.25, 0.3) is 0 Å². The summed E-state index contributed by atoms with van der Waals surface area (Å²) in [6, 6.07) is -3.57. The number of carbonyl (C=O) groups excluding carboxylic acids is 5. The number of alkyl halides is 1. The van der Waals surface area contributed by atoms with Crippen LogP contribution in [-0.2, 0) is 19.2 Å². The maximum atomic E-state index is 13.9. The normalized spacial score (nSPS) is 25.9. The number of hydrogen-bond donors (Lipinski definition) is 4. The average molecular weight is 538 g/mol. The quantitative estimate of drug-likeness (QED) is 0.313. The Morgan fingerprint density at radius 2 is 1.66 bits per heavy atom. The number of halogens is 1. The molecule has 2 saturated carbocycles. The first-order valence-corrected chi connectivity index (χ1v) is 13.5. The van der Waals surface area contributed by atoms with E-state index in [0.29, 0.717) is 13.0 Å². The first-order chi connectivity index (χ1) is 17.4. The highest BCUT2D eigenvalue weighted by Gasteiger charge is 2.70. The van der Waals surface area contributed by atoms with E-state index in [4.69, 9.17) is 5.73 Å². The standard InChI is InChI=1S/C27H44FN5O5/c1-25(2,3)20(31-24(38)32-26(4,5)13-28)23(37)33-12-15-17(27(15,6)7)18(33)22(36)30-16(19(34)21(29)35)11-14-9-8-10-14/h14-18,20H,8-13H2,1-7H3,(H2,29,35)(H,30,36)(H2,31,32,38)/t15?,16?,17-,18-,20+/m0/s1. The topological polar surface area (TPSA) is 151 Å². The number of nitrogens with zero attached hydrogens (tertiary/aromatic N) is 1. The van der Waals surface area contributed by atoms with E-state index in [1.165, 1.54) is 18.7 Å². The molecule has 5 atom stereocenters. The molecule has 5 N–H and O–H groups in total. The highest BCUT2D eigenvalue weighted by atomic mass is 19.1. The summed E-state index contributed by atoms with van der Waals surface area (Å²) in [7, 11) is 0. The molecule has 0 aromatic heterocycles. The molecule has 0 aromatic carbocycles. The van der Waals surface area contributed by atoms with Crippen LogP contribution in [0.15, 0.2) is 0 Å². The molecule has 1 heterocycles. The third-order valence-corrected chi connectivity index (χ3v) is 8.60. The first-order valence-electron chi connectivity index (χ1n) is 13.5. The summed E-state index contributed by atoms with van der Waals surface area (Å²) >= 11 is 0. The van der Waals surface area contributed by atoms with E-state index in [1.807, 2.05) is 13.8 Å². The number of amides is 5. The molecule has 3 aliphatic rings. The smallest absolute Gasteiger partial charge is 0.315 e. The Morgan fingerprint density at radius 1 is 1.05 bits per heavy atom. The number of primary amides is 1. The van der Waals surface area contributed by atoms with Gasteiger partial charge in [0, 0.05) is 6.54 Å². The van der Waals surface area contributed by atoms with Gasteiger partial charge < -0.3 is 26.6 Å². The molecule has 2 unspecified atom stereocenters. The van der Waals surface area contributed by atoms with Crippen molar-refractivity contribution in [3.05, 3.63) is 0 Å². The van der Waals surface area contributed by atoms with Gasteiger partial charge in [-0.05, 0) is 48.9 Å². The number of hydrogen-bond acceptors (Lipinski definition) is 5. The molecular formula is C27H44FN5O5. The van der Waals surface area contributed by atoms with E-state index in [1.54, 1.807) is 20.8 Å². The molecule has 10 nitrogen and oxygen atoms in total. The molecule has 0 spiro atoms. The van der Waals surface area contributed by atoms with Crippen LogP contribution < -0.4 is 21.7 Å². The van der Waals surface area contributed by atoms with E-state index < -0.39 is 65.3 Å². The molecule has 2 aliphatic carbocycles. The van der Waals surface area contributed by atoms with Crippen molar-refractivity contribution in [3.63, 3.8) is 0 Å². The SMILES string of the molecule is CC(C)(CF)NC(=O)N[C@H](C(=O)N1CC2[C@@H]([C@H]1C(=O)NC(CC1CCC1)C(=O)C(N)=O)C2(C)C)C(C)(C)C. The van der Waals surface area contributed by atoms with Gasteiger partial charge in [-0.1, -0.05) is 53.9 Å². The Hall–Kier alpha value is -2.72. The van der Waals surface area contributed by atoms with Crippen molar-refractivity contribution >= 4 is 29.5 Å². The number of rotatable bonds is 10. The molecule has 11 heteroatoms. The third kappa shape index (κ3) is 6.12. The Bertz CT molecular complexity index is 987. The summed E-state index contributed by atoms with van der Waals surface area (Å²) in [5, 5.41) is 7.99. The van der Waals surface area contributed by atoms with E-state index in [2.05, 4.69) is 16.0 Å². The van der Waals surface area contributed by atoms with Crippen molar-refractivity contribution in [3.8, 4) is 0 Å². The average Bonchev–Trinajstić information content (AvgIpc) is 3.10. The van der Waals surface area contributed by atoms with Gasteiger partial charge in [-0.15, -0.1) is 0 Å². The van der Waals surface area contributed by atoms with Gasteiger partial charge in [0.05, 0.1) is 11.6 Å². The van der Waals surface area contributed by atoms with Crippen LogP contribution in [0, 0.1) is 28.6 Å². The molecule has 0 aromatic rings. The lowest BCUT2D eigenvalue weighted by Gasteiger charge is -2.38. The fourth-order valence-electron chi connectivity index (χ4n) is 5.86. The predicted molar refractivity (Wildman–Crippen MR) is 139 cm³/mol. The van der Waals surface area contributed by atoms with Crippen molar-refractivity contribution < 1.29 is 28.4 Å². The molecule has 38 heavy (non-hydrogen) atoms. The fourth-order valence-corrected chi connectivity index (χ4v) is 5.86. The summed E-state index contributed by atoms with van der Waals surface area (Å²) in [4.78, 5) is 66.0. The molecule has 3 fully saturated rings. The molecule has 0 bridgehead atoms. The van der Waals surface area contributed by atoms with Crippen molar-refractivity contribution in [1.29, 1.82) is 0 Å². The minimum absolute atomic E-state index is 0.0824. The second-order valence-corrected chi connectivity index (χ2v) is 13.6. The fraction of sp³-hybridized carbons (Fsp3) is 0.815. The zero-order valence-electron chi connectivity index (χ0n) is 23.7. The Kier molecular flexibility index (Phi) is 8.20. The van der Waals surface area contributed by atoms with Crippen LogP contribution >= 0.6 is 0 Å². The molecule has 3 rings (SSSR count). The number of piperidine rings is 1. The van der Waals surface area contributed by atoms with Crippen molar-refractivity contribution in [2.45, 2.75) is 97.8 Å². The number of urea groups is 1. The third-order valence-electron chi connectivity index (χ3n) is 8.60. The van der Waals surface area contributed by atoms with Crippen LogP contribution in [0.1, 0.15) is 74.1 Å². The predicted octanol–water partition coefficient (Wildman–Crippen LogP) is 1.66. The van der Waals surface area contributed by atoms with Gasteiger partial charge in [-0.3, -0.25) is 19.2 Å². The Balaban J connectivity index is 1.83. The summed E-state index contributed by atoms with van der Waals surface area (Å²) in [6.07, 6.45) is 3.22. The minimum Gasteiger partial charge on any atom is -0.363 e. The van der Waals surface area contributed by atoms with Crippen molar-refractivity contribution in [1.82, 2.24) is 20.9 Å². The van der Waals surface area contributed by atoms with Crippen LogP contribution in [0.3, 0.4) is 0 Å². The largest absolute Gasteiger partial charge is 0.363 e. The van der Waals surface area contributed by atoms with E-state index in [-0.39, 0.29) is 23.2 Å². The summed E-state index contributed by atoms with van der Waals surface area (Å²) in [5.41, 5.74) is 3.26. The van der Waals surface area contributed by atoms with E-state index in [0.717, 1.165) is 19.3 Å². The molecule has 0 radical (unpaired) electrons. The van der Waals surface area contributed by atoms with Crippen molar-refractivity contribution in [2.24, 2.45) is 34.3 Å². The van der Waals surface area contributed by atoms with Gasteiger partial charge in [0.1, 0.15) is 18.8 Å². The maximum absolute atomic E-state index is 13.9. The monoisotopic (exact) mass is 537 g/mol. The number of carbonyl (C=O) groups is 5. The molecule has 1 aliphatic heterocycles. The summed E-state index contributed by atoms with van der Waals surface area (Å²) in [6.45, 7) is 12.1. The van der Waals surface area contributed by atoms with Crippen LogP contribution in [0.4, 0.5) is 9.18 Å². The number of fused-ring (bicyclic) bond motifs is 1. The van der Waals surface area contributed by atoms with Gasteiger partial charge in [-0.2, -0.15) is 0 Å². The lowest BCUT2D eigenvalue weighted by molar-refractivity contribution is -0.145. The summed E-state index contributed by atoms with van der Waals surface area (Å²) < 4.78 is 13.3. The van der Waals surface area contributed by atoms with E-state index in [9.17, 15) is 28.4 Å². The highest BCUT2D eigenvalue weighted by molar-refractivity contribution is 6.37. The Morgan fingerprint density at radius 3 is 2.13 bits per heavy atom. The van der Waals surface area contributed by atoms with Crippen LogP contribution in [0.5, 0.6) is 0 Å². The highest BCUT2D eigenvalue weighted by Crippen LogP contribution is 2.65. The van der Waals surface area contributed by atoms with Gasteiger partial charge in [0.25, 0.3) is 5.91 Å². The van der Waals surface area contributed by atoms with E-state index >= 15 is 0 Å². The zero-order valence-corrected chi connectivity index (χ0v) is 23.7. The number of nitrogens with one attached hydrogen (secondary N) is 3. The van der Waals surface area contributed by atoms with Gasteiger partial charge >= 0.3 is 6.03 Å². The van der Waals surface area contributed by atoms with Gasteiger partial charge in [0.2, 0.25) is 17.6 Å². The van der Waals surface area contributed by atoms with Crippen molar-refractivity contribution in [2.75, 3.05) is 13.2 Å². The molecule has 5 amide bonds. The lowest BCUT2D eigenvalue weighted by atomic mass is 9.80. The van der Waals surface area contributed by atoms with Gasteiger partial charge in [0.15, 0.2) is 0 Å². The number of Topliss-reactive ketones (excluding diaryl/α,β-unsaturated/α-hetero) is 1. The second-order valence-electron chi connectivity index (χ2n) is 13.6. The maximum Gasteiger partial charge on any atom is 0.315 e. The van der Waals surface area contributed by atoms with Crippen LogP contribution in [-0.4, -0.2) is 71.3 Å². The van der Waals surface area contributed by atoms with Gasteiger partial charge in [-0.25, -0.2) is 9.18 Å². The number of likely N-dealkylation sites (tertiary alicyclic amines) is 1. The molecule has 214 valence electrons. The number of nitrogens with two attached hydrogens (primary N) is 1. The first kappa shape index (κ1) is 29.8. The Labute approximate surface area is 224 Å².